The van der Waals surface area contributed by atoms with Crippen LogP contribution in [0.4, 0.5) is 5.69 Å². The molecule has 0 saturated carbocycles. The van der Waals surface area contributed by atoms with Gasteiger partial charge in [-0.25, -0.2) is 4.79 Å². The number of rotatable bonds is 6. The number of amides is 1. The van der Waals surface area contributed by atoms with Gasteiger partial charge in [0.25, 0.3) is 5.91 Å². The summed E-state index contributed by atoms with van der Waals surface area (Å²) in [5.74, 6) is -1.35. The molecule has 5 nitrogen and oxygen atoms in total. The van der Waals surface area contributed by atoms with E-state index in [4.69, 9.17) is 4.74 Å². The van der Waals surface area contributed by atoms with Crippen molar-refractivity contribution in [2.75, 3.05) is 5.32 Å². The Morgan fingerprint density at radius 2 is 1.50 bits per heavy atom. The summed E-state index contributed by atoms with van der Waals surface area (Å²) < 4.78 is 5.89. The van der Waals surface area contributed by atoms with E-state index in [9.17, 15) is 14.7 Å². The minimum atomic E-state index is -1.11. The molecule has 0 aliphatic rings. The fraction of sp³-hybridized carbons (Fsp3) is 0.130. The number of ether oxygens (including phenoxy) is 1. The third-order valence-electron chi connectivity index (χ3n) is 4.19. The molecular weight excluding hydrogens is 354 g/mol. The summed E-state index contributed by atoms with van der Waals surface area (Å²) in [6.45, 7) is 3.91. The molecule has 1 atom stereocenters. The lowest BCUT2D eigenvalue weighted by Gasteiger charge is -2.20. The molecule has 142 valence electrons. The Hall–Kier alpha value is -3.60. The van der Waals surface area contributed by atoms with Crippen molar-refractivity contribution < 1.29 is 19.4 Å². The molecule has 0 aromatic heterocycles. The Bertz CT molecular complexity index is 978. The standard InChI is InChI=1S/C23H21NO4/c1-15-12-16(2)14-18(13-15)24-22(25)21(17-8-4-3-5-9-17)28-20-11-7-6-10-19(20)23(26)27/h3-14,21H,1-2H3,(H,24,25)(H,26,27)/t21-/m0/s1. The number of anilines is 1. The lowest BCUT2D eigenvalue weighted by atomic mass is 10.1. The fourth-order valence-corrected chi connectivity index (χ4v) is 3.03. The van der Waals surface area contributed by atoms with Crippen LogP contribution in [0.25, 0.3) is 0 Å². The predicted molar refractivity (Wildman–Crippen MR) is 108 cm³/mol. The molecule has 3 aromatic carbocycles. The first-order valence-corrected chi connectivity index (χ1v) is 8.87. The number of hydrogen-bond donors (Lipinski definition) is 2. The summed E-state index contributed by atoms with van der Waals surface area (Å²) in [7, 11) is 0. The van der Waals surface area contributed by atoms with Crippen LogP contribution in [-0.2, 0) is 4.79 Å². The molecule has 0 heterocycles. The van der Waals surface area contributed by atoms with Gasteiger partial charge < -0.3 is 15.2 Å². The average Bonchev–Trinajstić information content (AvgIpc) is 2.66. The number of carbonyl (C=O) groups is 2. The van der Waals surface area contributed by atoms with Crippen LogP contribution in [0.15, 0.2) is 72.8 Å². The van der Waals surface area contributed by atoms with E-state index in [0.717, 1.165) is 11.1 Å². The molecule has 0 radical (unpaired) electrons. The van der Waals surface area contributed by atoms with E-state index in [1.165, 1.54) is 6.07 Å². The Balaban J connectivity index is 1.94. The van der Waals surface area contributed by atoms with Crippen molar-refractivity contribution in [1.82, 2.24) is 0 Å². The summed E-state index contributed by atoms with van der Waals surface area (Å²) in [5.41, 5.74) is 3.36. The van der Waals surface area contributed by atoms with Crippen LogP contribution in [0.2, 0.25) is 0 Å². The van der Waals surface area contributed by atoms with Gasteiger partial charge in [0.1, 0.15) is 11.3 Å². The van der Waals surface area contributed by atoms with Gasteiger partial charge in [-0.3, -0.25) is 4.79 Å². The topological polar surface area (TPSA) is 75.6 Å². The van der Waals surface area contributed by atoms with Crippen molar-refractivity contribution >= 4 is 17.6 Å². The molecule has 5 heteroatoms. The number of hydrogen-bond acceptors (Lipinski definition) is 3. The van der Waals surface area contributed by atoms with Crippen molar-refractivity contribution in [1.29, 1.82) is 0 Å². The lowest BCUT2D eigenvalue weighted by molar-refractivity contribution is -0.123. The van der Waals surface area contributed by atoms with Crippen molar-refractivity contribution in [2.24, 2.45) is 0 Å². The van der Waals surface area contributed by atoms with Crippen LogP contribution < -0.4 is 10.1 Å². The molecule has 2 N–H and O–H groups in total. The molecule has 3 aromatic rings. The number of benzene rings is 3. The monoisotopic (exact) mass is 375 g/mol. The summed E-state index contributed by atoms with van der Waals surface area (Å²) in [4.78, 5) is 24.5. The van der Waals surface area contributed by atoms with Gasteiger partial charge in [-0.05, 0) is 49.2 Å². The van der Waals surface area contributed by atoms with E-state index < -0.39 is 12.1 Å². The number of carboxylic acid groups (broad SMARTS) is 1. The van der Waals surface area contributed by atoms with Gasteiger partial charge >= 0.3 is 5.97 Å². The summed E-state index contributed by atoms with van der Waals surface area (Å²) in [5, 5.41) is 12.3. The highest BCUT2D eigenvalue weighted by atomic mass is 16.5. The van der Waals surface area contributed by atoms with Gasteiger partial charge in [-0.15, -0.1) is 0 Å². The third kappa shape index (κ3) is 4.57. The Morgan fingerprint density at radius 1 is 0.893 bits per heavy atom. The maximum absolute atomic E-state index is 13.0. The van der Waals surface area contributed by atoms with Crippen molar-refractivity contribution in [3.8, 4) is 5.75 Å². The smallest absolute Gasteiger partial charge is 0.339 e. The highest BCUT2D eigenvalue weighted by Crippen LogP contribution is 2.27. The zero-order valence-electron chi connectivity index (χ0n) is 15.7. The predicted octanol–water partition coefficient (Wildman–Crippen LogP) is 4.76. The van der Waals surface area contributed by atoms with Crippen molar-refractivity contribution in [3.05, 3.63) is 95.1 Å². The second kappa shape index (κ2) is 8.39. The van der Waals surface area contributed by atoms with Crippen molar-refractivity contribution in [3.63, 3.8) is 0 Å². The molecular formula is C23H21NO4. The fourth-order valence-electron chi connectivity index (χ4n) is 3.03. The van der Waals surface area contributed by atoms with E-state index in [1.807, 2.05) is 38.1 Å². The normalized spacial score (nSPS) is 11.5. The molecule has 0 saturated heterocycles. The zero-order chi connectivity index (χ0) is 20.1. The average molecular weight is 375 g/mol. The minimum Gasteiger partial charge on any atom is -0.478 e. The molecule has 28 heavy (non-hydrogen) atoms. The van der Waals surface area contributed by atoms with E-state index in [-0.39, 0.29) is 17.2 Å². The van der Waals surface area contributed by atoms with Crippen LogP contribution in [-0.4, -0.2) is 17.0 Å². The molecule has 1 amide bonds. The van der Waals surface area contributed by atoms with Crippen LogP contribution in [0, 0.1) is 13.8 Å². The summed E-state index contributed by atoms with van der Waals surface area (Å²) in [6.07, 6.45) is -0.998. The number of aryl methyl sites for hydroxylation is 2. The zero-order valence-corrected chi connectivity index (χ0v) is 15.7. The Morgan fingerprint density at radius 3 is 2.14 bits per heavy atom. The molecule has 3 rings (SSSR count). The number of para-hydroxylation sites is 1. The molecule has 0 spiro atoms. The van der Waals surface area contributed by atoms with Crippen LogP contribution in [0.3, 0.4) is 0 Å². The number of carboxylic acids is 1. The number of aromatic carboxylic acids is 1. The molecule has 0 aliphatic carbocycles. The summed E-state index contributed by atoms with van der Waals surface area (Å²) in [6, 6.07) is 21.0. The molecule has 0 fully saturated rings. The second-order valence-corrected chi connectivity index (χ2v) is 6.58. The van der Waals surface area contributed by atoms with Crippen LogP contribution in [0.5, 0.6) is 5.75 Å². The summed E-state index contributed by atoms with van der Waals surface area (Å²) >= 11 is 0. The first-order chi connectivity index (χ1) is 13.4. The quantitative estimate of drug-likeness (QED) is 0.651. The highest BCUT2D eigenvalue weighted by molar-refractivity contribution is 5.96. The van der Waals surface area contributed by atoms with E-state index in [0.29, 0.717) is 11.3 Å². The van der Waals surface area contributed by atoms with E-state index >= 15 is 0 Å². The largest absolute Gasteiger partial charge is 0.478 e. The van der Waals surface area contributed by atoms with Gasteiger partial charge in [0.05, 0.1) is 0 Å². The van der Waals surface area contributed by atoms with E-state index in [1.54, 1.807) is 42.5 Å². The Labute approximate surface area is 163 Å². The molecule has 0 aliphatic heterocycles. The maximum atomic E-state index is 13.0. The van der Waals surface area contributed by atoms with Crippen LogP contribution in [0.1, 0.15) is 33.2 Å². The van der Waals surface area contributed by atoms with Gasteiger partial charge in [0.2, 0.25) is 6.10 Å². The van der Waals surface area contributed by atoms with Gasteiger partial charge in [0, 0.05) is 11.3 Å². The van der Waals surface area contributed by atoms with E-state index in [2.05, 4.69) is 5.32 Å². The third-order valence-corrected chi connectivity index (χ3v) is 4.19. The van der Waals surface area contributed by atoms with Crippen molar-refractivity contribution in [2.45, 2.75) is 20.0 Å². The molecule has 0 unspecified atom stereocenters. The first kappa shape index (κ1) is 19.2. The van der Waals surface area contributed by atoms with Crippen LogP contribution >= 0.6 is 0 Å². The van der Waals surface area contributed by atoms with Gasteiger partial charge in [0.15, 0.2) is 0 Å². The number of nitrogens with one attached hydrogen (secondary N) is 1. The van der Waals surface area contributed by atoms with Gasteiger partial charge in [-0.1, -0.05) is 48.5 Å². The SMILES string of the molecule is Cc1cc(C)cc(NC(=O)[C@@H](Oc2ccccc2C(=O)O)c2ccccc2)c1. The molecule has 0 bridgehead atoms. The minimum absolute atomic E-state index is 0.00244. The Kier molecular flexibility index (Phi) is 5.75. The van der Waals surface area contributed by atoms with Gasteiger partial charge in [-0.2, -0.15) is 0 Å². The lowest BCUT2D eigenvalue weighted by Crippen LogP contribution is -2.26. The number of carbonyl (C=O) groups excluding carboxylic acids is 1. The first-order valence-electron chi connectivity index (χ1n) is 8.87. The highest BCUT2D eigenvalue weighted by Gasteiger charge is 2.25. The maximum Gasteiger partial charge on any atom is 0.339 e. The second-order valence-electron chi connectivity index (χ2n) is 6.58.